The standard InChI is InChI=1S/C23H29N3O5S/c1-16(2)24-22(27)17-11-13-26(14-12-17)23(28)18-7-9-19(10-8-18)25-32(29,30)21-6-4-5-20(15-21)31-3/h4-10,15-17,25H,11-14H2,1-3H3,(H,24,27). The molecule has 2 aromatic rings. The lowest BCUT2D eigenvalue weighted by Gasteiger charge is -2.31. The summed E-state index contributed by atoms with van der Waals surface area (Å²) in [7, 11) is -2.32. The molecule has 32 heavy (non-hydrogen) atoms. The van der Waals surface area contributed by atoms with Gasteiger partial charge < -0.3 is 15.0 Å². The molecule has 9 heteroatoms. The van der Waals surface area contributed by atoms with Gasteiger partial charge in [0.2, 0.25) is 5.91 Å². The lowest BCUT2D eigenvalue weighted by molar-refractivity contribution is -0.126. The molecule has 1 aliphatic rings. The molecule has 0 aromatic heterocycles. The molecule has 3 rings (SSSR count). The lowest BCUT2D eigenvalue weighted by Crippen LogP contribution is -2.44. The van der Waals surface area contributed by atoms with E-state index in [1.54, 1.807) is 41.3 Å². The number of amides is 2. The Labute approximate surface area is 189 Å². The number of hydrogen-bond donors (Lipinski definition) is 2. The fourth-order valence-electron chi connectivity index (χ4n) is 3.59. The molecule has 1 aliphatic heterocycles. The minimum absolute atomic E-state index is 0.0415. The number of piperidine rings is 1. The second kappa shape index (κ2) is 10.0. The van der Waals surface area contributed by atoms with Crippen molar-refractivity contribution in [2.24, 2.45) is 5.92 Å². The van der Waals surface area contributed by atoms with Crippen molar-refractivity contribution in [3.8, 4) is 5.75 Å². The summed E-state index contributed by atoms with van der Waals surface area (Å²) < 4.78 is 32.8. The minimum Gasteiger partial charge on any atom is -0.497 e. The number of sulfonamides is 1. The number of rotatable bonds is 7. The largest absolute Gasteiger partial charge is 0.497 e. The molecule has 1 heterocycles. The number of ether oxygens (including phenoxy) is 1. The highest BCUT2D eigenvalue weighted by Gasteiger charge is 2.28. The number of anilines is 1. The number of carbonyl (C=O) groups is 2. The summed E-state index contributed by atoms with van der Waals surface area (Å²) in [5.74, 6) is 0.281. The zero-order chi connectivity index (χ0) is 23.3. The van der Waals surface area contributed by atoms with E-state index >= 15 is 0 Å². The number of hydrogen-bond acceptors (Lipinski definition) is 5. The Morgan fingerprint density at radius 2 is 1.72 bits per heavy atom. The fourth-order valence-corrected chi connectivity index (χ4v) is 4.69. The highest BCUT2D eigenvalue weighted by Crippen LogP contribution is 2.22. The minimum atomic E-state index is -3.79. The predicted octanol–water partition coefficient (Wildman–Crippen LogP) is 2.87. The third-order valence-electron chi connectivity index (χ3n) is 5.32. The van der Waals surface area contributed by atoms with Crippen LogP contribution >= 0.6 is 0 Å². The summed E-state index contributed by atoms with van der Waals surface area (Å²) in [5.41, 5.74) is 0.827. The second-order valence-electron chi connectivity index (χ2n) is 8.09. The molecule has 0 radical (unpaired) electrons. The first-order chi connectivity index (χ1) is 15.2. The van der Waals surface area contributed by atoms with Gasteiger partial charge in [0.05, 0.1) is 12.0 Å². The first kappa shape index (κ1) is 23.6. The lowest BCUT2D eigenvalue weighted by atomic mass is 9.95. The molecule has 172 valence electrons. The highest BCUT2D eigenvalue weighted by molar-refractivity contribution is 7.92. The average molecular weight is 460 g/mol. The summed E-state index contributed by atoms with van der Waals surface area (Å²) in [6.07, 6.45) is 1.26. The molecule has 1 fully saturated rings. The van der Waals surface area contributed by atoms with Crippen LogP contribution in [0.25, 0.3) is 0 Å². The molecule has 0 aliphatic carbocycles. The van der Waals surface area contributed by atoms with Crippen LogP contribution in [-0.4, -0.2) is 51.4 Å². The molecule has 0 saturated carbocycles. The summed E-state index contributed by atoms with van der Waals surface area (Å²) in [4.78, 5) is 26.8. The van der Waals surface area contributed by atoms with E-state index in [1.807, 2.05) is 13.8 Å². The van der Waals surface area contributed by atoms with Gasteiger partial charge in [-0.25, -0.2) is 8.42 Å². The van der Waals surface area contributed by atoms with E-state index in [2.05, 4.69) is 10.0 Å². The van der Waals surface area contributed by atoms with Crippen LogP contribution in [0, 0.1) is 5.92 Å². The van der Waals surface area contributed by atoms with Crippen LogP contribution in [0.2, 0.25) is 0 Å². The van der Waals surface area contributed by atoms with E-state index in [9.17, 15) is 18.0 Å². The first-order valence-corrected chi connectivity index (χ1v) is 12.0. The Kier molecular flexibility index (Phi) is 7.40. The van der Waals surface area contributed by atoms with Crippen LogP contribution < -0.4 is 14.8 Å². The summed E-state index contributed by atoms with van der Waals surface area (Å²) in [6.45, 7) is 4.88. The van der Waals surface area contributed by atoms with Crippen molar-refractivity contribution in [2.45, 2.75) is 37.6 Å². The Bertz CT molecular complexity index is 1060. The third kappa shape index (κ3) is 5.79. The van der Waals surface area contributed by atoms with Crippen molar-refractivity contribution in [2.75, 3.05) is 24.9 Å². The van der Waals surface area contributed by atoms with E-state index in [0.717, 1.165) is 0 Å². The van der Waals surface area contributed by atoms with Gasteiger partial charge >= 0.3 is 0 Å². The summed E-state index contributed by atoms with van der Waals surface area (Å²) in [6, 6.07) is 12.6. The molecule has 0 spiro atoms. The van der Waals surface area contributed by atoms with Gasteiger partial charge in [-0.05, 0) is 63.1 Å². The zero-order valence-electron chi connectivity index (χ0n) is 18.5. The van der Waals surface area contributed by atoms with Crippen molar-refractivity contribution >= 4 is 27.5 Å². The van der Waals surface area contributed by atoms with Gasteiger partial charge in [0.25, 0.3) is 15.9 Å². The smallest absolute Gasteiger partial charge is 0.262 e. The average Bonchev–Trinajstić information content (AvgIpc) is 2.78. The maximum absolute atomic E-state index is 12.8. The van der Waals surface area contributed by atoms with E-state index in [0.29, 0.717) is 42.9 Å². The molecule has 0 atom stereocenters. The van der Waals surface area contributed by atoms with Gasteiger partial charge in [-0.15, -0.1) is 0 Å². The van der Waals surface area contributed by atoms with Crippen LogP contribution in [-0.2, 0) is 14.8 Å². The van der Waals surface area contributed by atoms with Crippen LogP contribution in [0.15, 0.2) is 53.4 Å². The van der Waals surface area contributed by atoms with E-state index in [1.165, 1.54) is 19.2 Å². The quantitative estimate of drug-likeness (QED) is 0.663. The molecule has 2 N–H and O–H groups in total. The number of likely N-dealkylation sites (tertiary alicyclic amines) is 1. The molecule has 2 amide bonds. The van der Waals surface area contributed by atoms with Crippen LogP contribution in [0.3, 0.4) is 0 Å². The van der Waals surface area contributed by atoms with Gasteiger partial charge in [0.15, 0.2) is 0 Å². The van der Waals surface area contributed by atoms with Crippen molar-refractivity contribution in [1.82, 2.24) is 10.2 Å². The highest BCUT2D eigenvalue weighted by atomic mass is 32.2. The van der Waals surface area contributed by atoms with Gasteiger partial charge in [0.1, 0.15) is 5.75 Å². The fraction of sp³-hybridized carbons (Fsp3) is 0.391. The van der Waals surface area contributed by atoms with Crippen molar-refractivity contribution < 1.29 is 22.7 Å². The molecule has 8 nitrogen and oxygen atoms in total. The Balaban J connectivity index is 1.61. The van der Waals surface area contributed by atoms with Gasteiger partial charge in [-0.3, -0.25) is 14.3 Å². The zero-order valence-corrected chi connectivity index (χ0v) is 19.3. The first-order valence-electron chi connectivity index (χ1n) is 10.6. The number of carbonyl (C=O) groups excluding carboxylic acids is 2. The Morgan fingerprint density at radius 3 is 2.31 bits per heavy atom. The van der Waals surface area contributed by atoms with Gasteiger partial charge in [0, 0.05) is 42.4 Å². The van der Waals surface area contributed by atoms with Gasteiger partial charge in [-0.1, -0.05) is 6.07 Å². The molecule has 2 aromatic carbocycles. The summed E-state index contributed by atoms with van der Waals surface area (Å²) in [5, 5.41) is 2.93. The maximum Gasteiger partial charge on any atom is 0.262 e. The normalized spacial score (nSPS) is 14.8. The number of benzene rings is 2. The number of nitrogens with one attached hydrogen (secondary N) is 2. The van der Waals surface area contributed by atoms with Crippen LogP contribution in [0.5, 0.6) is 5.75 Å². The van der Waals surface area contributed by atoms with E-state index < -0.39 is 10.0 Å². The Hall–Kier alpha value is -3.07. The topological polar surface area (TPSA) is 105 Å². The van der Waals surface area contributed by atoms with Crippen molar-refractivity contribution in [1.29, 1.82) is 0 Å². The monoisotopic (exact) mass is 459 g/mol. The van der Waals surface area contributed by atoms with Crippen molar-refractivity contribution in [3.05, 3.63) is 54.1 Å². The van der Waals surface area contributed by atoms with Crippen molar-refractivity contribution in [3.63, 3.8) is 0 Å². The number of methoxy groups -OCH3 is 1. The number of nitrogens with zero attached hydrogens (tertiary/aromatic N) is 1. The molecule has 1 saturated heterocycles. The SMILES string of the molecule is COc1cccc(S(=O)(=O)Nc2ccc(C(=O)N3CCC(C(=O)NC(C)C)CC3)cc2)c1. The van der Waals surface area contributed by atoms with Crippen LogP contribution in [0.4, 0.5) is 5.69 Å². The summed E-state index contributed by atoms with van der Waals surface area (Å²) >= 11 is 0. The molecule has 0 unspecified atom stereocenters. The van der Waals surface area contributed by atoms with E-state index in [4.69, 9.17) is 4.74 Å². The van der Waals surface area contributed by atoms with Gasteiger partial charge in [-0.2, -0.15) is 0 Å². The van der Waals surface area contributed by atoms with E-state index in [-0.39, 0.29) is 28.7 Å². The third-order valence-corrected chi connectivity index (χ3v) is 6.70. The molecular formula is C23H29N3O5S. The van der Waals surface area contributed by atoms with Crippen LogP contribution in [0.1, 0.15) is 37.0 Å². The molecular weight excluding hydrogens is 430 g/mol. The Morgan fingerprint density at radius 1 is 1.06 bits per heavy atom. The second-order valence-corrected chi connectivity index (χ2v) is 9.77. The molecule has 0 bridgehead atoms. The predicted molar refractivity (Wildman–Crippen MR) is 122 cm³/mol. The maximum atomic E-state index is 12.8.